The van der Waals surface area contributed by atoms with Gasteiger partial charge < -0.3 is 15.2 Å². The Hall–Kier alpha value is -2.65. The van der Waals surface area contributed by atoms with E-state index < -0.39 is 0 Å². The molecule has 0 aliphatic heterocycles. The van der Waals surface area contributed by atoms with Gasteiger partial charge in [-0.15, -0.1) is 0 Å². The smallest absolute Gasteiger partial charge is 0.251 e. The lowest BCUT2D eigenvalue weighted by Gasteiger charge is -2.22. The van der Waals surface area contributed by atoms with E-state index in [9.17, 15) is 4.79 Å². The third-order valence-corrected chi connectivity index (χ3v) is 5.56. The molecule has 1 aliphatic rings. The Morgan fingerprint density at radius 3 is 2.38 bits per heavy atom. The third-order valence-electron chi connectivity index (χ3n) is 5.25. The predicted octanol–water partition coefficient (Wildman–Crippen LogP) is 6.83. The second-order valence-corrected chi connectivity index (χ2v) is 8.21. The highest BCUT2D eigenvalue weighted by molar-refractivity contribution is 6.31. The van der Waals surface area contributed by atoms with Crippen LogP contribution in [-0.2, 0) is 0 Å². The maximum absolute atomic E-state index is 12.2. The normalized spacial score (nSPS) is 12.8. The van der Waals surface area contributed by atoms with Gasteiger partial charge in [0.15, 0.2) is 0 Å². The van der Waals surface area contributed by atoms with E-state index in [2.05, 4.69) is 5.32 Å². The van der Waals surface area contributed by atoms with Crippen LogP contribution in [0.3, 0.4) is 0 Å². The largest absolute Gasteiger partial charge is 0.508 e. The predicted molar refractivity (Wildman–Crippen MR) is 140 cm³/mol. The number of phenolic OH excluding ortho intramolecular Hbond substituents is 1. The molecule has 2 radical (unpaired) electrons. The zero-order valence-corrected chi connectivity index (χ0v) is 21.1. The second kappa shape index (κ2) is 17.8. The van der Waals surface area contributed by atoms with E-state index in [0.717, 1.165) is 44.2 Å². The van der Waals surface area contributed by atoms with Crippen molar-refractivity contribution in [1.29, 1.82) is 5.26 Å². The molecule has 34 heavy (non-hydrogen) atoms. The van der Waals surface area contributed by atoms with E-state index in [0.29, 0.717) is 23.8 Å². The van der Waals surface area contributed by atoms with Crippen LogP contribution in [0.15, 0.2) is 42.5 Å². The maximum Gasteiger partial charge on any atom is 0.251 e. The average Bonchev–Trinajstić information content (AvgIpc) is 2.86. The monoisotopic (exact) mass is 482 g/mol. The molecule has 3 rings (SSSR count). The lowest BCUT2D eigenvalue weighted by atomic mass is 9.95. The standard InChI is InChI=1S/C18H26BNO2.C7H4ClNO.C2H6/c19-13-5-2-6-14-22-17-11-9-15(10-12-17)18(21)20-16-7-3-1-4-8-16;8-7-3-6(10)2-1-5(7)4-9;1-2/h9-12,16H,1-8,13-14H2,(H,20,21);1-3,10H;1-2H3. The molecule has 0 atom stereocenters. The summed E-state index contributed by atoms with van der Waals surface area (Å²) in [4.78, 5) is 12.2. The molecule has 1 fully saturated rings. The minimum absolute atomic E-state index is 0.0291. The topological polar surface area (TPSA) is 82.3 Å². The molecule has 1 amide bonds. The number of carbonyl (C=O) groups is 1. The molecule has 7 heteroatoms. The van der Waals surface area contributed by atoms with Gasteiger partial charge in [0, 0.05) is 11.6 Å². The summed E-state index contributed by atoms with van der Waals surface area (Å²) in [6.45, 7) is 4.70. The van der Waals surface area contributed by atoms with Gasteiger partial charge in [0.1, 0.15) is 17.6 Å². The van der Waals surface area contributed by atoms with Crippen molar-refractivity contribution in [3.63, 3.8) is 0 Å². The van der Waals surface area contributed by atoms with Crippen LogP contribution >= 0.6 is 11.6 Å². The number of carbonyl (C=O) groups excluding carboxylic acids is 1. The van der Waals surface area contributed by atoms with Gasteiger partial charge in [-0.05, 0) is 61.7 Å². The Morgan fingerprint density at radius 1 is 1.12 bits per heavy atom. The molecule has 0 unspecified atom stereocenters. The number of hydrogen-bond acceptors (Lipinski definition) is 4. The van der Waals surface area contributed by atoms with E-state index in [1.807, 2.05) is 44.2 Å². The fourth-order valence-corrected chi connectivity index (χ4v) is 3.64. The number of nitriles is 1. The zero-order valence-electron chi connectivity index (χ0n) is 20.4. The summed E-state index contributed by atoms with van der Waals surface area (Å²) in [5, 5.41) is 20.6. The summed E-state index contributed by atoms with van der Waals surface area (Å²) < 4.78 is 5.66. The van der Waals surface area contributed by atoms with Crippen molar-refractivity contribution in [2.45, 2.75) is 77.6 Å². The summed E-state index contributed by atoms with van der Waals surface area (Å²) >= 11 is 5.55. The molecule has 1 saturated carbocycles. The quantitative estimate of drug-likeness (QED) is 0.319. The van der Waals surface area contributed by atoms with E-state index in [4.69, 9.17) is 34.6 Å². The van der Waals surface area contributed by atoms with Gasteiger partial charge >= 0.3 is 0 Å². The van der Waals surface area contributed by atoms with Crippen molar-refractivity contribution < 1.29 is 14.6 Å². The Labute approximate surface area is 210 Å². The van der Waals surface area contributed by atoms with E-state index >= 15 is 0 Å². The zero-order chi connectivity index (χ0) is 25.2. The SMILES string of the molecule is CC.N#Cc1ccc(O)cc1Cl.[B]CCCCCOc1ccc(C(=O)NC2CCCCC2)cc1. The van der Waals surface area contributed by atoms with Crippen LogP contribution in [-0.4, -0.2) is 31.5 Å². The number of hydrogen-bond donors (Lipinski definition) is 2. The number of phenols is 1. The molecule has 2 aromatic carbocycles. The first-order chi connectivity index (χ1) is 16.5. The number of nitrogens with one attached hydrogen (secondary N) is 1. The molecule has 0 aromatic heterocycles. The highest BCUT2D eigenvalue weighted by atomic mass is 35.5. The number of amides is 1. The summed E-state index contributed by atoms with van der Waals surface area (Å²) in [6, 6.07) is 13.9. The van der Waals surface area contributed by atoms with E-state index in [1.54, 1.807) is 0 Å². The molecule has 0 bridgehead atoms. The van der Waals surface area contributed by atoms with Crippen LogP contribution < -0.4 is 10.1 Å². The van der Waals surface area contributed by atoms with Crippen molar-refractivity contribution in [3.05, 3.63) is 58.6 Å². The first kappa shape index (κ1) is 29.4. The molecular weight excluding hydrogens is 447 g/mol. The van der Waals surface area contributed by atoms with Crippen molar-refractivity contribution in [2.75, 3.05) is 6.61 Å². The van der Waals surface area contributed by atoms with Crippen molar-refractivity contribution >= 4 is 25.4 Å². The minimum Gasteiger partial charge on any atom is -0.508 e. The van der Waals surface area contributed by atoms with Crippen LogP contribution in [0.5, 0.6) is 11.5 Å². The van der Waals surface area contributed by atoms with Crippen molar-refractivity contribution in [1.82, 2.24) is 5.32 Å². The van der Waals surface area contributed by atoms with E-state index in [-0.39, 0.29) is 16.7 Å². The summed E-state index contributed by atoms with van der Waals surface area (Å²) in [5.74, 6) is 0.923. The van der Waals surface area contributed by atoms with Crippen molar-refractivity contribution in [3.8, 4) is 17.6 Å². The molecular formula is C27H36BClN2O3. The molecule has 5 nitrogen and oxygen atoms in total. The molecule has 0 saturated heterocycles. The minimum atomic E-state index is 0.0291. The summed E-state index contributed by atoms with van der Waals surface area (Å²) in [5.41, 5.74) is 1.08. The number of unbranched alkanes of at least 4 members (excludes halogenated alkanes) is 2. The Bertz CT molecular complexity index is 878. The molecule has 0 spiro atoms. The fraction of sp³-hybridized carbons (Fsp3) is 0.481. The number of benzene rings is 2. The summed E-state index contributed by atoms with van der Waals surface area (Å²) in [6.07, 6.45) is 9.85. The highest BCUT2D eigenvalue weighted by Crippen LogP contribution is 2.20. The molecule has 0 heterocycles. The van der Waals surface area contributed by atoms with Crippen LogP contribution in [0.25, 0.3) is 0 Å². The Morgan fingerprint density at radius 2 is 1.79 bits per heavy atom. The van der Waals surface area contributed by atoms with E-state index in [1.165, 1.54) is 37.5 Å². The lowest BCUT2D eigenvalue weighted by Crippen LogP contribution is -2.36. The number of aromatic hydroxyl groups is 1. The number of ether oxygens (including phenoxy) is 1. The van der Waals surface area contributed by atoms with Gasteiger partial charge in [0.05, 0.1) is 25.0 Å². The van der Waals surface area contributed by atoms with Crippen LogP contribution in [0.2, 0.25) is 11.3 Å². The van der Waals surface area contributed by atoms with Crippen molar-refractivity contribution in [2.24, 2.45) is 0 Å². The van der Waals surface area contributed by atoms with Crippen LogP contribution in [0, 0.1) is 11.3 Å². The van der Waals surface area contributed by atoms with Crippen LogP contribution in [0.1, 0.15) is 81.1 Å². The molecule has 2 aromatic rings. The molecule has 182 valence electrons. The molecule has 2 N–H and O–H groups in total. The van der Waals surface area contributed by atoms with Gasteiger partial charge in [-0.25, -0.2) is 0 Å². The molecule has 1 aliphatic carbocycles. The lowest BCUT2D eigenvalue weighted by molar-refractivity contribution is 0.0927. The van der Waals surface area contributed by atoms with Gasteiger partial charge in [0.25, 0.3) is 5.91 Å². The second-order valence-electron chi connectivity index (χ2n) is 7.81. The van der Waals surface area contributed by atoms with Gasteiger partial charge in [-0.1, -0.05) is 63.9 Å². The Kier molecular flexibility index (Phi) is 15.4. The highest BCUT2D eigenvalue weighted by Gasteiger charge is 2.16. The third kappa shape index (κ3) is 11.5. The number of nitrogens with zero attached hydrogens (tertiary/aromatic N) is 1. The maximum atomic E-state index is 12.2. The van der Waals surface area contributed by atoms with Gasteiger partial charge in [-0.2, -0.15) is 5.26 Å². The van der Waals surface area contributed by atoms with Gasteiger partial charge in [-0.3, -0.25) is 4.79 Å². The Balaban J connectivity index is 0.000000402. The number of halogens is 1. The fourth-order valence-electron chi connectivity index (χ4n) is 3.43. The van der Waals surface area contributed by atoms with Gasteiger partial charge in [0.2, 0.25) is 0 Å². The van der Waals surface area contributed by atoms with Crippen LogP contribution in [0.4, 0.5) is 0 Å². The first-order valence-electron chi connectivity index (χ1n) is 12.2. The average molecular weight is 483 g/mol. The summed E-state index contributed by atoms with van der Waals surface area (Å²) in [7, 11) is 5.46. The first-order valence-corrected chi connectivity index (χ1v) is 12.5. The number of rotatable bonds is 8.